The van der Waals surface area contributed by atoms with Crippen molar-refractivity contribution in [3.63, 3.8) is 0 Å². The lowest BCUT2D eigenvalue weighted by molar-refractivity contribution is 0.475. The standard InChI is InChI=1S/C12H13N3.C6H6O/c13-12(9-5-2-6-10-12)15-14-11-7-3-1-4-8-11;7-6-4-2-1-3-5-6/h1-9H,10,13H2;1-5,7H. The van der Waals surface area contributed by atoms with Crippen LogP contribution in [-0.2, 0) is 0 Å². The predicted molar refractivity (Wildman–Crippen MR) is 88.9 cm³/mol. The van der Waals surface area contributed by atoms with E-state index in [1.54, 1.807) is 24.3 Å². The second kappa shape index (κ2) is 7.90. The first kappa shape index (κ1) is 15.7. The van der Waals surface area contributed by atoms with Crippen LogP contribution in [-0.4, -0.2) is 10.8 Å². The van der Waals surface area contributed by atoms with Crippen LogP contribution in [0.25, 0.3) is 0 Å². The molecule has 0 radical (unpaired) electrons. The minimum absolute atomic E-state index is 0.322. The van der Waals surface area contributed by atoms with Gasteiger partial charge in [-0.15, -0.1) is 0 Å². The van der Waals surface area contributed by atoms with Crippen molar-refractivity contribution >= 4 is 5.69 Å². The number of phenols is 1. The fourth-order valence-corrected chi connectivity index (χ4v) is 1.77. The van der Waals surface area contributed by atoms with Crippen LogP contribution in [0.2, 0.25) is 0 Å². The Morgan fingerprint density at radius 1 is 0.909 bits per heavy atom. The number of aromatic hydroxyl groups is 1. The Balaban J connectivity index is 0.000000211. The van der Waals surface area contributed by atoms with E-state index in [1.165, 1.54) is 0 Å². The summed E-state index contributed by atoms with van der Waals surface area (Å²) < 4.78 is 0. The summed E-state index contributed by atoms with van der Waals surface area (Å²) in [5.41, 5.74) is 6.16. The highest BCUT2D eigenvalue weighted by molar-refractivity contribution is 5.35. The van der Waals surface area contributed by atoms with Gasteiger partial charge in [-0.2, -0.15) is 10.2 Å². The molecule has 0 spiro atoms. The number of allylic oxidation sites excluding steroid dienone is 2. The molecule has 1 aliphatic rings. The maximum absolute atomic E-state index is 8.63. The molecule has 3 N–H and O–H groups in total. The number of hydrogen-bond acceptors (Lipinski definition) is 4. The van der Waals surface area contributed by atoms with Crippen molar-refractivity contribution in [1.29, 1.82) is 0 Å². The van der Waals surface area contributed by atoms with Gasteiger partial charge in [-0.1, -0.05) is 54.6 Å². The molecule has 0 saturated carbocycles. The molecule has 1 aliphatic carbocycles. The van der Waals surface area contributed by atoms with Crippen LogP contribution in [0.5, 0.6) is 5.75 Å². The van der Waals surface area contributed by atoms with Crippen molar-refractivity contribution in [2.75, 3.05) is 0 Å². The van der Waals surface area contributed by atoms with E-state index < -0.39 is 5.66 Å². The number of nitrogens with zero attached hydrogens (tertiary/aromatic N) is 2. The first-order valence-corrected chi connectivity index (χ1v) is 7.03. The number of rotatable bonds is 2. The fourth-order valence-electron chi connectivity index (χ4n) is 1.77. The minimum Gasteiger partial charge on any atom is -0.508 e. The number of para-hydroxylation sites is 1. The third-order valence-corrected chi connectivity index (χ3v) is 2.94. The van der Waals surface area contributed by atoms with Crippen LogP contribution < -0.4 is 5.73 Å². The lowest BCUT2D eigenvalue weighted by atomic mass is 10.0. The van der Waals surface area contributed by atoms with Crippen molar-refractivity contribution in [2.24, 2.45) is 16.0 Å². The van der Waals surface area contributed by atoms with E-state index in [0.29, 0.717) is 12.2 Å². The van der Waals surface area contributed by atoms with Gasteiger partial charge in [-0.3, -0.25) is 0 Å². The molecule has 0 bridgehead atoms. The zero-order valence-electron chi connectivity index (χ0n) is 12.2. The molecule has 0 aliphatic heterocycles. The Morgan fingerprint density at radius 3 is 2.05 bits per heavy atom. The summed E-state index contributed by atoms with van der Waals surface area (Å²) in [7, 11) is 0. The topological polar surface area (TPSA) is 71.0 Å². The summed E-state index contributed by atoms with van der Waals surface area (Å²) in [4.78, 5) is 0. The van der Waals surface area contributed by atoms with Crippen molar-refractivity contribution in [3.05, 3.63) is 85.0 Å². The lowest BCUT2D eigenvalue weighted by Crippen LogP contribution is -2.34. The largest absolute Gasteiger partial charge is 0.508 e. The first-order valence-electron chi connectivity index (χ1n) is 7.03. The average molecular weight is 293 g/mol. The maximum Gasteiger partial charge on any atom is 0.152 e. The summed E-state index contributed by atoms with van der Waals surface area (Å²) >= 11 is 0. The highest BCUT2D eigenvalue weighted by Crippen LogP contribution is 2.19. The number of benzene rings is 2. The molecule has 4 nitrogen and oxygen atoms in total. The van der Waals surface area contributed by atoms with Crippen LogP contribution in [0, 0.1) is 0 Å². The molecule has 2 aromatic carbocycles. The molecular weight excluding hydrogens is 274 g/mol. The third kappa shape index (κ3) is 5.34. The summed E-state index contributed by atoms with van der Waals surface area (Å²) in [6.07, 6.45) is 8.40. The van der Waals surface area contributed by atoms with Gasteiger partial charge in [0, 0.05) is 6.42 Å². The molecule has 2 aromatic rings. The Hall–Kier alpha value is -2.72. The van der Waals surface area contributed by atoms with Gasteiger partial charge < -0.3 is 10.8 Å². The molecule has 112 valence electrons. The van der Waals surface area contributed by atoms with Crippen LogP contribution in [0.4, 0.5) is 5.69 Å². The van der Waals surface area contributed by atoms with Gasteiger partial charge in [0.05, 0.1) is 5.69 Å². The van der Waals surface area contributed by atoms with Crippen LogP contribution in [0.3, 0.4) is 0 Å². The molecule has 22 heavy (non-hydrogen) atoms. The number of azo groups is 1. The molecule has 4 heteroatoms. The molecule has 3 rings (SSSR count). The summed E-state index contributed by atoms with van der Waals surface area (Å²) in [6.45, 7) is 0. The summed E-state index contributed by atoms with van der Waals surface area (Å²) in [5, 5.41) is 16.9. The van der Waals surface area contributed by atoms with Gasteiger partial charge in [0.25, 0.3) is 0 Å². The fraction of sp³-hybridized carbons (Fsp3) is 0.111. The molecule has 0 heterocycles. The number of phenolic OH excluding ortho intramolecular Hbond substituents is 1. The van der Waals surface area contributed by atoms with E-state index in [2.05, 4.69) is 10.2 Å². The number of nitrogens with two attached hydrogens (primary N) is 1. The van der Waals surface area contributed by atoms with Crippen molar-refractivity contribution < 1.29 is 5.11 Å². The average Bonchev–Trinajstić information content (AvgIpc) is 2.56. The second-order valence-electron chi connectivity index (χ2n) is 4.85. The van der Waals surface area contributed by atoms with Gasteiger partial charge in [0.15, 0.2) is 5.66 Å². The summed E-state index contributed by atoms with van der Waals surface area (Å²) in [6, 6.07) is 18.3. The zero-order chi connectivity index (χ0) is 15.7. The van der Waals surface area contributed by atoms with E-state index in [0.717, 1.165) is 5.69 Å². The molecule has 1 atom stereocenters. The summed E-state index contributed by atoms with van der Waals surface area (Å²) in [5.74, 6) is 0.322. The number of hydrogen-bond donors (Lipinski definition) is 2. The predicted octanol–water partition coefficient (Wildman–Crippen LogP) is 4.33. The first-order chi connectivity index (χ1) is 10.7. The van der Waals surface area contributed by atoms with E-state index in [9.17, 15) is 0 Å². The quantitative estimate of drug-likeness (QED) is 0.809. The van der Waals surface area contributed by atoms with Gasteiger partial charge in [-0.25, -0.2) is 0 Å². The van der Waals surface area contributed by atoms with Crippen LogP contribution in [0.15, 0.2) is 95.2 Å². The van der Waals surface area contributed by atoms with Crippen LogP contribution >= 0.6 is 0 Å². The van der Waals surface area contributed by atoms with E-state index in [4.69, 9.17) is 10.8 Å². The lowest BCUT2D eigenvalue weighted by Gasteiger charge is -2.19. The Bertz CT molecular complexity index is 651. The maximum atomic E-state index is 8.63. The van der Waals surface area contributed by atoms with E-state index >= 15 is 0 Å². The monoisotopic (exact) mass is 293 g/mol. The second-order valence-corrected chi connectivity index (χ2v) is 4.85. The van der Waals surface area contributed by atoms with Crippen molar-refractivity contribution in [2.45, 2.75) is 12.1 Å². The van der Waals surface area contributed by atoms with Gasteiger partial charge in [0.1, 0.15) is 5.75 Å². The van der Waals surface area contributed by atoms with E-state index in [1.807, 2.05) is 60.7 Å². The molecule has 1 unspecified atom stereocenters. The smallest absolute Gasteiger partial charge is 0.152 e. The molecule has 0 aromatic heterocycles. The highest BCUT2D eigenvalue weighted by Gasteiger charge is 2.20. The molecule has 0 amide bonds. The Labute approximate surface area is 130 Å². The normalized spacial score (nSPS) is 19.7. The SMILES string of the molecule is NC1(N=Nc2ccccc2)C=CC=CC1.Oc1ccccc1. The molecular formula is C18H19N3O. The Kier molecular flexibility index (Phi) is 5.63. The minimum atomic E-state index is -0.676. The van der Waals surface area contributed by atoms with E-state index in [-0.39, 0.29) is 0 Å². The third-order valence-electron chi connectivity index (χ3n) is 2.94. The van der Waals surface area contributed by atoms with Gasteiger partial charge >= 0.3 is 0 Å². The zero-order valence-corrected chi connectivity index (χ0v) is 12.2. The Morgan fingerprint density at radius 2 is 1.55 bits per heavy atom. The van der Waals surface area contributed by atoms with Crippen molar-refractivity contribution in [3.8, 4) is 5.75 Å². The molecule has 0 saturated heterocycles. The highest BCUT2D eigenvalue weighted by atomic mass is 16.3. The van der Waals surface area contributed by atoms with Gasteiger partial charge in [-0.05, 0) is 30.3 Å². The van der Waals surface area contributed by atoms with Crippen molar-refractivity contribution in [1.82, 2.24) is 0 Å². The van der Waals surface area contributed by atoms with Gasteiger partial charge in [0.2, 0.25) is 0 Å². The molecule has 0 fully saturated rings. The van der Waals surface area contributed by atoms with Crippen LogP contribution in [0.1, 0.15) is 6.42 Å².